The number of rotatable bonds is 6. The number of hydrogen-bond acceptors (Lipinski definition) is 5. The molecule has 5 aliphatic rings. The Hall–Kier alpha value is -3.87. The summed E-state index contributed by atoms with van der Waals surface area (Å²) < 4.78 is 5.26. The summed E-state index contributed by atoms with van der Waals surface area (Å²) in [7, 11) is 1.43. The Morgan fingerprint density at radius 3 is 2.26 bits per heavy atom. The van der Waals surface area contributed by atoms with Crippen LogP contribution in [0.5, 0.6) is 11.5 Å². The van der Waals surface area contributed by atoms with Gasteiger partial charge in [-0.1, -0.05) is 18.2 Å². The summed E-state index contributed by atoms with van der Waals surface area (Å²) in [5.41, 5.74) is 2.79. The van der Waals surface area contributed by atoms with Crippen LogP contribution in [0.1, 0.15) is 55.2 Å². The molecule has 7 nitrogen and oxygen atoms in total. The molecule has 1 heterocycles. The number of carbonyl (C=O) groups is 3. The second-order valence-corrected chi connectivity index (χ2v) is 11.4. The predicted molar refractivity (Wildman–Crippen MR) is 144 cm³/mol. The molecule has 2 aromatic carbocycles. The van der Waals surface area contributed by atoms with Crippen molar-refractivity contribution in [2.24, 2.45) is 17.8 Å². The lowest BCUT2D eigenvalue weighted by atomic mass is 9.48. The summed E-state index contributed by atoms with van der Waals surface area (Å²) in [5.74, 6) is 1.19. The Kier molecular flexibility index (Phi) is 5.89. The number of aromatic hydroxyl groups is 1. The van der Waals surface area contributed by atoms with Gasteiger partial charge in [0.15, 0.2) is 11.5 Å². The van der Waals surface area contributed by atoms with Gasteiger partial charge in [-0.2, -0.15) is 0 Å². The maximum atomic E-state index is 13.5. The standard InChI is InChI=1S/C31H32N2O5/c1-3-4-22-12-18(14-26(38-2)27(22)34)13-25-28(35)32-30(37)33(29(25)36)24-7-5-23(6-8-24)31-15-19-9-20(16-31)11-21(10-19)17-31/h3,5-8,12-14,19-21,34H,1,4,9-11,15-17H2,2H3,(H,32,35,37)/b25-13+. The SMILES string of the molecule is C=CCc1cc(/C=C2\C(=O)NC(=O)N(c3ccc(C45CC6CC(CC(C6)C4)C5)cc3)C2=O)cc(OC)c1O. The van der Waals surface area contributed by atoms with Crippen molar-refractivity contribution in [2.45, 2.75) is 50.4 Å². The quantitative estimate of drug-likeness (QED) is 0.313. The van der Waals surface area contributed by atoms with Gasteiger partial charge in [-0.3, -0.25) is 14.9 Å². The molecule has 0 aromatic heterocycles. The van der Waals surface area contributed by atoms with Gasteiger partial charge < -0.3 is 9.84 Å². The number of phenols is 1. The van der Waals surface area contributed by atoms with Gasteiger partial charge in [0.2, 0.25) is 0 Å². The number of benzene rings is 2. The highest BCUT2D eigenvalue weighted by Gasteiger charge is 2.51. The molecule has 2 aromatic rings. The molecule has 38 heavy (non-hydrogen) atoms. The molecule has 2 N–H and O–H groups in total. The van der Waals surface area contributed by atoms with E-state index in [-0.39, 0.29) is 22.5 Å². The van der Waals surface area contributed by atoms with Crippen LogP contribution in [0.15, 0.2) is 54.6 Å². The third-order valence-corrected chi connectivity index (χ3v) is 8.95. The number of ether oxygens (including phenoxy) is 1. The summed E-state index contributed by atoms with van der Waals surface area (Å²) in [5, 5.41) is 12.7. The normalized spacial score (nSPS) is 29.1. The smallest absolute Gasteiger partial charge is 0.335 e. The molecule has 0 atom stereocenters. The predicted octanol–water partition coefficient (Wildman–Crippen LogP) is 5.26. The molecule has 4 aliphatic carbocycles. The van der Waals surface area contributed by atoms with E-state index in [2.05, 4.69) is 24.0 Å². The number of nitrogens with zero attached hydrogens (tertiary/aromatic N) is 1. The number of allylic oxidation sites excluding steroid dienone is 1. The summed E-state index contributed by atoms with van der Waals surface area (Å²) in [6.45, 7) is 3.70. The molecule has 1 saturated heterocycles. The Morgan fingerprint density at radius 1 is 1.05 bits per heavy atom. The largest absolute Gasteiger partial charge is 0.504 e. The molecule has 4 bridgehead atoms. The van der Waals surface area contributed by atoms with Crippen LogP contribution in [0, 0.1) is 17.8 Å². The topological polar surface area (TPSA) is 95.9 Å². The fraction of sp³-hybridized carbons (Fsp3) is 0.387. The number of phenolic OH excluding ortho intramolecular Hbond substituents is 1. The molecular formula is C31H32N2O5. The van der Waals surface area contributed by atoms with Crippen molar-refractivity contribution in [2.75, 3.05) is 12.0 Å². The molecule has 7 rings (SSSR count). The lowest BCUT2D eigenvalue weighted by molar-refractivity contribution is -0.122. The first-order valence-electron chi connectivity index (χ1n) is 13.3. The van der Waals surface area contributed by atoms with Crippen molar-refractivity contribution in [1.29, 1.82) is 0 Å². The number of hydrogen-bond donors (Lipinski definition) is 2. The minimum Gasteiger partial charge on any atom is -0.504 e. The number of nitrogens with one attached hydrogen (secondary N) is 1. The highest BCUT2D eigenvalue weighted by atomic mass is 16.5. The zero-order chi connectivity index (χ0) is 26.6. The number of barbiturate groups is 1. The third kappa shape index (κ3) is 4.01. The van der Waals surface area contributed by atoms with E-state index in [1.165, 1.54) is 63.3 Å². The summed E-state index contributed by atoms with van der Waals surface area (Å²) >= 11 is 0. The molecule has 5 fully saturated rings. The maximum Gasteiger partial charge on any atom is 0.335 e. The average Bonchev–Trinajstić information content (AvgIpc) is 2.88. The van der Waals surface area contributed by atoms with Crippen molar-refractivity contribution in [3.05, 3.63) is 71.3 Å². The number of carbonyl (C=O) groups excluding carboxylic acids is 3. The average molecular weight is 513 g/mol. The minimum absolute atomic E-state index is 0.0233. The molecule has 4 saturated carbocycles. The Balaban J connectivity index is 1.30. The van der Waals surface area contributed by atoms with Crippen molar-refractivity contribution in [3.8, 4) is 11.5 Å². The Morgan fingerprint density at radius 2 is 1.68 bits per heavy atom. The lowest BCUT2D eigenvalue weighted by Gasteiger charge is -2.57. The number of amides is 4. The minimum atomic E-state index is -0.768. The first kappa shape index (κ1) is 24.5. The highest BCUT2D eigenvalue weighted by molar-refractivity contribution is 6.39. The lowest BCUT2D eigenvalue weighted by Crippen LogP contribution is -2.54. The van der Waals surface area contributed by atoms with Crippen LogP contribution in [-0.2, 0) is 21.4 Å². The molecule has 196 valence electrons. The zero-order valence-electron chi connectivity index (χ0n) is 21.5. The first-order chi connectivity index (χ1) is 18.3. The monoisotopic (exact) mass is 512 g/mol. The zero-order valence-corrected chi connectivity index (χ0v) is 21.5. The summed E-state index contributed by atoms with van der Waals surface area (Å²) in [6, 6.07) is 10.2. The van der Waals surface area contributed by atoms with E-state index < -0.39 is 17.8 Å². The van der Waals surface area contributed by atoms with Gasteiger partial charge in [0.05, 0.1) is 12.8 Å². The number of urea groups is 1. The molecule has 7 heteroatoms. The van der Waals surface area contributed by atoms with E-state index in [9.17, 15) is 19.5 Å². The van der Waals surface area contributed by atoms with Crippen LogP contribution < -0.4 is 15.0 Å². The van der Waals surface area contributed by atoms with Gasteiger partial charge >= 0.3 is 6.03 Å². The van der Waals surface area contributed by atoms with E-state index in [1.807, 2.05) is 12.1 Å². The van der Waals surface area contributed by atoms with Crippen LogP contribution >= 0.6 is 0 Å². The summed E-state index contributed by atoms with van der Waals surface area (Å²) in [6.07, 6.45) is 11.2. The van der Waals surface area contributed by atoms with Gasteiger partial charge in [0.25, 0.3) is 11.8 Å². The van der Waals surface area contributed by atoms with Crippen LogP contribution in [0.4, 0.5) is 10.5 Å². The second kappa shape index (κ2) is 9.15. The van der Waals surface area contributed by atoms with Gasteiger partial charge in [0.1, 0.15) is 5.57 Å². The third-order valence-electron chi connectivity index (χ3n) is 8.95. The molecular weight excluding hydrogens is 480 g/mol. The Bertz CT molecular complexity index is 1340. The molecule has 4 amide bonds. The van der Waals surface area contributed by atoms with Crippen LogP contribution in [0.25, 0.3) is 6.08 Å². The first-order valence-corrected chi connectivity index (χ1v) is 13.3. The fourth-order valence-electron chi connectivity index (χ4n) is 7.73. The van der Waals surface area contributed by atoms with E-state index >= 15 is 0 Å². The summed E-state index contributed by atoms with van der Waals surface area (Å²) in [4.78, 5) is 40.0. The van der Waals surface area contributed by atoms with Crippen molar-refractivity contribution < 1.29 is 24.2 Å². The molecule has 0 radical (unpaired) electrons. The molecule has 0 spiro atoms. The van der Waals surface area contributed by atoms with Gasteiger partial charge in [-0.15, -0.1) is 6.58 Å². The second-order valence-electron chi connectivity index (χ2n) is 11.4. The van der Waals surface area contributed by atoms with Gasteiger partial charge in [-0.25, -0.2) is 9.69 Å². The number of methoxy groups -OCH3 is 1. The van der Waals surface area contributed by atoms with Crippen molar-refractivity contribution >= 4 is 29.6 Å². The maximum absolute atomic E-state index is 13.5. The van der Waals surface area contributed by atoms with Crippen LogP contribution in [0.3, 0.4) is 0 Å². The van der Waals surface area contributed by atoms with E-state index in [1.54, 1.807) is 12.1 Å². The van der Waals surface area contributed by atoms with Gasteiger partial charge in [0, 0.05) is 5.56 Å². The van der Waals surface area contributed by atoms with E-state index in [4.69, 9.17) is 4.74 Å². The number of anilines is 1. The molecule has 0 unspecified atom stereocenters. The van der Waals surface area contributed by atoms with Crippen LogP contribution in [0.2, 0.25) is 0 Å². The number of imide groups is 2. The Labute approximate surface area is 222 Å². The fourth-order valence-corrected chi connectivity index (χ4v) is 7.73. The van der Waals surface area contributed by atoms with Gasteiger partial charge in [-0.05, 0) is 110 Å². The van der Waals surface area contributed by atoms with Crippen molar-refractivity contribution in [3.63, 3.8) is 0 Å². The van der Waals surface area contributed by atoms with Crippen LogP contribution in [-0.4, -0.2) is 30.1 Å². The van der Waals surface area contributed by atoms with Crippen molar-refractivity contribution in [1.82, 2.24) is 5.32 Å². The van der Waals surface area contributed by atoms with E-state index in [0.29, 0.717) is 23.2 Å². The highest BCUT2D eigenvalue weighted by Crippen LogP contribution is 2.60. The molecule has 1 aliphatic heterocycles. The van der Waals surface area contributed by atoms with E-state index in [0.717, 1.165) is 22.7 Å².